The summed E-state index contributed by atoms with van der Waals surface area (Å²) in [6, 6.07) is 25.2. The van der Waals surface area contributed by atoms with Crippen LogP contribution in [0.15, 0.2) is 96.6 Å². The van der Waals surface area contributed by atoms with Gasteiger partial charge in [0.1, 0.15) is 11.5 Å². The maximum Gasteiger partial charge on any atom is 0.241 e. The molecule has 0 aromatic heterocycles. The lowest BCUT2D eigenvalue weighted by atomic mass is 9.51. The fourth-order valence-corrected chi connectivity index (χ4v) is 9.90. The van der Waals surface area contributed by atoms with Crippen molar-refractivity contribution in [2.24, 2.45) is 29.1 Å². The lowest BCUT2D eigenvalue weighted by molar-refractivity contribution is -0.131. The van der Waals surface area contributed by atoms with E-state index in [4.69, 9.17) is 14.2 Å². The molecule has 280 valence electrons. The molecule has 55 heavy (non-hydrogen) atoms. The molecule has 3 fully saturated rings. The number of ether oxygens (including phenoxy) is 3. The number of carbonyl (C=O) groups is 4. The number of methoxy groups -OCH3 is 3. The molecule has 2 saturated heterocycles. The van der Waals surface area contributed by atoms with Crippen LogP contribution < -0.4 is 24.0 Å². The fraction of sp³-hybridized carbons (Fsp3) is 0.273. The Balaban J connectivity index is 1.15. The molecule has 0 unspecified atom stereocenters. The molecule has 2 heterocycles. The maximum absolute atomic E-state index is 14.7. The lowest BCUT2D eigenvalue weighted by Crippen LogP contribution is -2.48. The number of hydrogen-bond donors (Lipinski definition) is 1. The van der Waals surface area contributed by atoms with Gasteiger partial charge in [0, 0.05) is 11.5 Å². The zero-order chi connectivity index (χ0) is 38.8. The van der Waals surface area contributed by atoms with E-state index in [2.05, 4.69) is 0 Å². The quantitative estimate of drug-likeness (QED) is 0.0832. The summed E-state index contributed by atoms with van der Waals surface area (Å²) in [7, 11) is 4.68. The highest BCUT2D eigenvalue weighted by Crippen LogP contribution is 2.64. The number of amides is 4. The van der Waals surface area contributed by atoms with E-state index in [0.717, 1.165) is 16.7 Å². The first kappa shape index (κ1) is 36.5. The summed E-state index contributed by atoms with van der Waals surface area (Å²) in [5.41, 5.74) is 2.99. The molecule has 4 aromatic rings. The van der Waals surface area contributed by atoms with Gasteiger partial charge >= 0.3 is 0 Å². The van der Waals surface area contributed by atoms with Crippen molar-refractivity contribution < 1.29 is 38.5 Å². The molecule has 6 atom stereocenters. The number of imide groups is 2. The van der Waals surface area contributed by atoms with E-state index in [1.54, 1.807) is 56.7 Å². The van der Waals surface area contributed by atoms with Gasteiger partial charge in [0.25, 0.3) is 0 Å². The monoisotopic (exact) mass is 850 g/mol. The first-order valence-electron chi connectivity index (χ1n) is 18.1. The first-order valence-corrected chi connectivity index (χ1v) is 19.2. The van der Waals surface area contributed by atoms with Gasteiger partial charge in [0.2, 0.25) is 23.6 Å². The van der Waals surface area contributed by atoms with E-state index in [9.17, 15) is 24.3 Å². The number of phenolic OH excluding ortho intramolecular Hbond substituents is 1. The van der Waals surface area contributed by atoms with Crippen molar-refractivity contribution in [2.75, 3.05) is 31.1 Å². The Labute approximate surface area is 332 Å². The standard InChI is InChI=1S/C44H39IN2O8/c1-44-33(41(50)47(43(44)52)27-8-6-5-7-9-27)23-32-30(38(44)26-21-34(45)39(48)36(22-26)55-4)17-18-31-37(32)42(51)46(40(31)49)28-14-11-24(12-15-28)10-13-25-20-29(53-2)16-19-35(25)54-3/h5-17,19-22,31-33,37-38,48H,18,23H2,1-4H3/t31-,32+,33-,37-,38-,44+/m0/s1. The van der Waals surface area contributed by atoms with E-state index in [0.29, 0.717) is 38.4 Å². The third kappa shape index (κ3) is 5.73. The minimum Gasteiger partial charge on any atom is -0.504 e. The number of allylic oxidation sites excluding steroid dienone is 2. The second-order valence-corrected chi connectivity index (χ2v) is 15.8. The summed E-state index contributed by atoms with van der Waals surface area (Å²) in [6.45, 7) is 1.84. The molecule has 4 aromatic carbocycles. The molecule has 1 N–H and O–H groups in total. The second-order valence-electron chi connectivity index (χ2n) is 14.6. The number of nitrogens with zero attached hydrogens (tertiary/aromatic N) is 2. The van der Waals surface area contributed by atoms with Crippen LogP contribution in [0.25, 0.3) is 12.2 Å². The fourth-order valence-electron chi connectivity index (χ4n) is 9.28. The molecule has 11 heteroatoms. The number of anilines is 2. The van der Waals surface area contributed by atoms with E-state index >= 15 is 0 Å². The van der Waals surface area contributed by atoms with Crippen LogP contribution >= 0.6 is 22.6 Å². The van der Waals surface area contributed by atoms with Crippen molar-refractivity contribution in [3.8, 4) is 23.0 Å². The van der Waals surface area contributed by atoms with Crippen LogP contribution in [0.5, 0.6) is 23.0 Å². The number of carbonyl (C=O) groups excluding carboxylic acids is 4. The van der Waals surface area contributed by atoms with Gasteiger partial charge in [-0.1, -0.05) is 54.1 Å². The Bertz CT molecular complexity index is 2300. The number of phenols is 1. The van der Waals surface area contributed by atoms with E-state index in [1.807, 2.05) is 90.2 Å². The van der Waals surface area contributed by atoms with Gasteiger partial charge in [-0.25, -0.2) is 4.90 Å². The molecule has 10 nitrogen and oxygen atoms in total. The zero-order valence-corrected chi connectivity index (χ0v) is 32.9. The normalized spacial score (nSPS) is 25.8. The van der Waals surface area contributed by atoms with Crippen LogP contribution in [0.2, 0.25) is 0 Å². The highest BCUT2D eigenvalue weighted by atomic mass is 127. The van der Waals surface area contributed by atoms with E-state index in [1.165, 1.54) is 16.9 Å². The third-order valence-electron chi connectivity index (χ3n) is 11.9. The minimum absolute atomic E-state index is 0.0212. The summed E-state index contributed by atoms with van der Waals surface area (Å²) in [6.07, 6.45) is 6.40. The minimum atomic E-state index is -1.21. The Morgan fingerprint density at radius 2 is 1.47 bits per heavy atom. The molecular weight excluding hydrogens is 811 g/mol. The van der Waals surface area contributed by atoms with Gasteiger partial charge in [-0.15, -0.1) is 0 Å². The summed E-state index contributed by atoms with van der Waals surface area (Å²) in [5.74, 6) is -2.83. The molecule has 0 spiro atoms. The first-order chi connectivity index (χ1) is 26.5. The molecule has 0 radical (unpaired) electrons. The van der Waals surface area contributed by atoms with Gasteiger partial charge in [-0.05, 0) is 114 Å². The lowest BCUT2D eigenvalue weighted by Gasteiger charge is -2.49. The number of hydrogen-bond acceptors (Lipinski definition) is 8. The molecule has 2 aliphatic carbocycles. The second kappa shape index (κ2) is 14.0. The van der Waals surface area contributed by atoms with E-state index in [-0.39, 0.29) is 41.5 Å². The van der Waals surface area contributed by atoms with Crippen molar-refractivity contribution in [2.45, 2.75) is 25.7 Å². The number of para-hydroxylation sites is 1. The van der Waals surface area contributed by atoms with E-state index < -0.39 is 35.0 Å². The molecular formula is C44H39IN2O8. The average Bonchev–Trinajstić information content (AvgIpc) is 3.57. The van der Waals surface area contributed by atoms with Gasteiger partial charge in [-0.2, -0.15) is 0 Å². The number of rotatable bonds is 8. The number of aromatic hydroxyl groups is 1. The van der Waals surface area contributed by atoms with Gasteiger partial charge in [0.15, 0.2) is 11.5 Å². The van der Waals surface area contributed by atoms with Crippen LogP contribution in [0.4, 0.5) is 11.4 Å². The van der Waals surface area contributed by atoms with Crippen LogP contribution in [0, 0.1) is 32.7 Å². The summed E-state index contributed by atoms with van der Waals surface area (Å²) >= 11 is 2.03. The highest BCUT2D eigenvalue weighted by molar-refractivity contribution is 14.1. The van der Waals surface area contributed by atoms with Crippen LogP contribution in [0.1, 0.15) is 42.4 Å². The van der Waals surface area contributed by atoms with Crippen LogP contribution in [0.3, 0.4) is 0 Å². The topological polar surface area (TPSA) is 123 Å². The maximum atomic E-state index is 14.7. The van der Waals surface area contributed by atoms with Crippen molar-refractivity contribution in [3.63, 3.8) is 0 Å². The molecule has 0 bridgehead atoms. The number of halogens is 1. The predicted octanol–water partition coefficient (Wildman–Crippen LogP) is 7.63. The van der Waals surface area contributed by atoms with Crippen molar-refractivity contribution >= 4 is 69.7 Å². The number of fused-ring (bicyclic) bond motifs is 4. The van der Waals surface area contributed by atoms with Gasteiger partial charge in [0.05, 0.1) is 59.4 Å². The molecule has 8 rings (SSSR count). The van der Waals surface area contributed by atoms with Crippen molar-refractivity contribution in [1.82, 2.24) is 0 Å². The molecule has 1 saturated carbocycles. The van der Waals surface area contributed by atoms with Crippen LogP contribution in [-0.2, 0) is 19.2 Å². The zero-order valence-electron chi connectivity index (χ0n) is 30.7. The molecule has 4 amide bonds. The smallest absolute Gasteiger partial charge is 0.241 e. The predicted molar refractivity (Wildman–Crippen MR) is 216 cm³/mol. The molecule has 2 aliphatic heterocycles. The summed E-state index contributed by atoms with van der Waals surface area (Å²) in [5, 5.41) is 10.8. The molecule has 4 aliphatic rings. The number of benzene rings is 4. The third-order valence-corrected chi connectivity index (χ3v) is 12.8. The largest absolute Gasteiger partial charge is 0.504 e. The van der Waals surface area contributed by atoms with Crippen LogP contribution in [-0.4, -0.2) is 50.1 Å². The Morgan fingerprint density at radius 1 is 0.764 bits per heavy atom. The summed E-state index contributed by atoms with van der Waals surface area (Å²) in [4.78, 5) is 60.5. The van der Waals surface area contributed by atoms with Crippen molar-refractivity contribution in [3.05, 3.63) is 117 Å². The van der Waals surface area contributed by atoms with Gasteiger partial charge in [-0.3, -0.25) is 24.1 Å². The SMILES string of the molecule is COc1ccc(OC)c(C=Cc2ccc(N3C(=O)[C@H]4[C@H](CC=C5[C@H]4C[C@H]4C(=O)N(c6ccccc6)C(=O)[C@@]4(C)[C@H]5c4cc(I)c(O)c(OC)c4)C3=O)cc2)c1. The Hall–Kier alpha value is -5.43. The van der Waals surface area contributed by atoms with Gasteiger partial charge < -0.3 is 19.3 Å². The Kier molecular flexibility index (Phi) is 9.31. The Morgan fingerprint density at radius 3 is 2.16 bits per heavy atom. The highest BCUT2D eigenvalue weighted by Gasteiger charge is 2.67. The summed E-state index contributed by atoms with van der Waals surface area (Å²) < 4.78 is 16.9. The van der Waals surface area contributed by atoms with Crippen molar-refractivity contribution in [1.29, 1.82) is 0 Å². The average molecular weight is 851 g/mol.